The number of hydrogen-bond acceptors (Lipinski definition) is 6. The number of rotatable bonds is 9. The summed E-state index contributed by atoms with van der Waals surface area (Å²) in [7, 11) is 1.35. The number of nitrogens with one attached hydrogen (secondary N) is 2. The second kappa shape index (κ2) is 11.0. The second-order valence-corrected chi connectivity index (χ2v) is 9.39. The summed E-state index contributed by atoms with van der Waals surface area (Å²) in [5.74, 6) is 0.818. The van der Waals surface area contributed by atoms with Crippen LogP contribution >= 0.6 is 23.5 Å². The second-order valence-electron chi connectivity index (χ2n) is 7.03. The molecule has 1 aromatic carbocycles. The molecule has 7 heteroatoms. The fraction of sp³-hybridized carbons (Fsp3) is 0.600. The Hall–Kier alpha value is -1.18. The normalized spacial score (nSPS) is 20.5. The van der Waals surface area contributed by atoms with Crippen LogP contribution in [0.1, 0.15) is 38.2 Å². The van der Waals surface area contributed by atoms with Crippen LogP contribution in [0.2, 0.25) is 0 Å². The molecule has 2 N–H and O–H groups in total. The zero-order chi connectivity index (χ0) is 19.8. The van der Waals surface area contributed by atoms with Gasteiger partial charge in [0.15, 0.2) is 0 Å². The molecule has 2 rings (SSSR count). The molecule has 1 heterocycles. The summed E-state index contributed by atoms with van der Waals surface area (Å²) in [4.78, 5) is 25.7. The minimum Gasteiger partial charge on any atom is -0.467 e. The first-order valence-corrected chi connectivity index (χ1v) is 11.6. The average molecular weight is 411 g/mol. The monoisotopic (exact) mass is 410 g/mol. The number of methoxy groups -OCH3 is 1. The van der Waals surface area contributed by atoms with Gasteiger partial charge in [-0.2, -0.15) is 11.8 Å². The minimum absolute atomic E-state index is 0.121. The van der Waals surface area contributed by atoms with Crippen molar-refractivity contribution < 1.29 is 14.3 Å². The van der Waals surface area contributed by atoms with Gasteiger partial charge >= 0.3 is 5.97 Å². The van der Waals surface area contributed by atoms with Crippen molar-refractivity contribution in [2.45, 2.75) is 54.8 Å². The molecule has 0 unspecified atom stereocenters. The van der Waals surface area contributed by atoms with Crippen LogP contribution in [0.5, 0.6) is 0 Å². The van der Waals surface area contributed by atoms with E-state index in [0.717, 1.165) is 18.7 Å². The summed E-state index contributed by atoms with van der Waals surface area (Å²) in [6, 6.07) is 7.82. The predicted octanol–water partition coefficient (Wildman–Crippen LogP) is 3.04. The number of amides is 1. The lowest BCUT2D eigenvalue weighted by Gasteiger charge is -2.18. The van der Waals surface area contributed by atoms with Gasteiger partial charge in [0, 0.05) is 16.7 Å². The number of esters is 1. The lowest BCUT2D eigenvalue weighted by Crippen LogP contribution is -2.48. The summed E-state index contributed by atoms with van der Waals surface area (Å²) in [5.41, 5.74) is 1.33. The molecule has 150 valence electrons. The van der Waals surface area contributed by atoms with Gasteiger partial charge in [-0.1, -0.05) is 26.0 Å². The van der Waals surface area contributed by atoms with Crippen LogP contribution in [-0.4, -0.2) is 54.9 Å². The van der Waals surface area contributed by atoms with Crippen molar-refractivity contribution in [1.29, 1.82) is 0 Å². The highest BCUT2D eigenvalue weighted by molar-refractivity contribution is 8.00. The maximum absolute atomic E-state index is 12.6. The number of thioether (sulfide) groups is 2. The molecular weight excluding hydrogens is 380 g/mol. The number of ether oxygens (including phenoxy) is 1. The van der Waals surface area contributed by atoms with Crippen LogP contribution in [0.15, 0.2) is 29.2 Å². The number of benzene rings is 1. The van der Waals surface area contributed by atoms with Crippen molar-refractivity contribution in [2.24, 2.45) is 0 Å². The number of carbonyl (C=O) groups excluding carboxylic acids is 2. The van der Waals surface area contributed by atoms with Gasteiger partial charge in [0.1, 0.15) is 6.04 Å². The van der Waals surface area contributed by atoms with E-state index in [1.54, 1.807) is 23.5 Å². The molecule has 0 bridgehead atoms. The molecule has 0 aromatic heterocycles. The predicted molar refractivity (Wildman–Crippen MR) is 114 cm³/mol. The van der Waals surface area contributed by atoms with Crippen LogP contribution in [-0.2, 0) is 14.3 Å². The standard InChI is InChI=1S/C20H30N2O3S2/c1-13(2)14-5-7-15(8-6-14)27-16-11-18(21-12-16)19(23)22-17(9-10-26-4)20(24)25-3/h5-8,13,16-18,21H,9-12H2,1-4H3,(H,22,23)/t16-,17-,18-/m0/s1. The summed E-state index contributed by atoms with van der Waals surface area (Å²) in [6.45, 7) is 5.16. The molecule has 1 aliphatic rings. The average Bonchev–Trinajstić information content (AvgIpc) is 3.13. The van der Waals surface area contributed by atoms with E-state index >= 15 is 0 Å². The first-order valence-electron chi connectivity index (χ1n) is 9.31. The third-order valence-corrected chi connectivity index (χ3v) is 6.55. The zero-order valence-electron chi connectivity index (χ0n) is 16.5. The SMILES string of the molecule is COC(=O)[C@H](CCSC)NC(=O)[C@@H]1C[C@H](Sc2ccc(C(C)C)cc2)CN1. The van der Waals surface area contributed by atoms with Crippen molar-refractivity contribution >= 4 is 35.4 Å². The van der Waals surface area contributed by atoms with Gasteiger partial charge in [-0.3, -0.25) is 4.79 Å². The summed E-state index contributed by atoms with van der Waals surface area (Å²) in [5, 5.41) is 6.48. The van der Waals surface area contributed by atoms with Crippen LogP contribution in [0, 0.1) is 0 Å². The van der Waals surface area contributed by atoms with E-state index in [4.69, 9.17) is 4.74 Å². The fourth-order valence-corrected chi connectivity index (χ4v) is 4.63. The van der Waals surface area contributed by atoms with Gasteiger partial charge in [-0.25, -0.2) is 4.79 Å². The van der Waals surface area contributed by atoms with Crippen LogP contribution in [0.25, 0.3) is 0 Å². The zero-order valence-corrected chi connectivity index (χ0v) is 18.1. The van der Waals surface area contributed by atoms with Crippen molar-refractivity contribution in [2.75, 3.05) is 25.7 Å². The molecule has 1 saturated heterocycles. The Morgan fingerprint density at radius 2 is 2.00 bits per heavy atom. The number of carbonyl (C=O) groups is 2. The highest BCUT2D eigenvalue weighted by atomic mass is 32.2. The first-order chi connectivity index (χ1) is 12.9. The van der Waals surface area contributed by atoms with E-state index in [1.165, 1.54) is 17.6 Å². The maximum Gasteiger partial charge on any atom is 0.328 e. The van der Waals surface area contributed by atoms with E-state index in [-0.39, 0.29) is 17.9 Å². The van der Waals surface area contributed by atoms with Crippen LogP contribution in [0.3, 0.4) is 0 Å². The molecule has 0 radical (unpaired) electrons. The Balaban J connectivity index is 1.86. The highest BCUT2D eigenvalue weighted by Gasteiger charge is 2.32. The highest BCUT2D eigenvalue weighted by Crippen LogP contribution is 2.30. The van der Waals surface area contributed by atoms with Gasteiger partial charge in [-0.05, 0) is 48.5 Å². The molecule has 0 saturated carbocycles. The van der Waals surface area contributed by atoms with E-state index in [2.05, 4.69) is 48.7 Å². The molecule has 1 fully saturated rings. The smallest absolute Gasteiger partial charge is 0.328 e. The third kappa shape index (κ3) is 6.73. The minimum atomic E-state index is -0.577. The molecule has 1 amide bonds. The maximum atomic E-state index is 12.6. The van der Waals surface area contributed by atoms with Crippen molar-refractivity contribution in [1.82, 2.24) is 10.6 Å². The summed E-state index contributed by atoms with van der Waals surface area (Å²) < 4.78 is 4.81. The van der Waals surface area contributed by atoms with Gasteiger partial charge in [0.05, 0.1) is 13.2 Å². The summed E-state index contributed by atoms with van der Waals surface area (Å²) >= 11 is 3.44. The molecule has 3 atom stereocenters. The molecular formula is C20H30N2O3S2. The van der Waals surface area contributed by atoms with Gasteiger partial charge in [0.25, 0.3) is 0 Å². The number of hydrogen-bond donors (Lipinski definition) is 2. The van der Waals surface area contributed by atoms with Crippen molar-refractivity contribution in [3.8, 4) is 0 Å². The first kappa shape index (κ1) is 22.1. The Morgan fingerprint density at radius 3 is 2.59 bits per heavy atom. The molecule has 0 spiro atoms. The molecule has 27 heavy (non-hydrogen) atoms. The Kier molecular flexibility index (Phi) is 8.99. The van der Waals surface area contributed by atoms with Gasteiger partial charge in [0.2, 0.25) is 5.91 Å². The molecule has 1 aliphatic heterocycles. The van der Waals surface area contributed by atoms with Gasteiger partial charge in [-0.15, -0.1) is 11.8 Å². The van der Waals surface area contributed by atoms with Crippen LogP contribution < -0.4 is 10.6 Å². The fourth-order valence-electron chi connectivity index (χ4n) is 3.02. The van der Waals surface area contributed by atoms with Crippen LogP contribution in [0.4, 0.5) is 0 Å². The largest absolute Gasteiger partial charge is 0.467 e. The van der Waals surface area contributed by atoms with E-state index in [9.17, 15) is 9.59 Å². The van der Waals surface area contributed by atoms with Crippen molar-refractivity contribution in [3.63, 3.8) is 0 Å². The lowest BCUT2D eigenvalue weighted by atomic mass is 10.0. The molecule has 1 aromatic rings. The topological polar surface area (TPSA) is 67.4 Å². The summed E-state index contributed by atoms with van der Waals surface area (Å²) in [6.07, 6.45) is 3.30. The van der Waals surface area contributed by atoms with Gasteiger partial charge < -0.3 is 15.4 Å². The van der Waals surface area contributed by atoms with E-state index in [0.29, 0.717) is 17.6 Å². The van der Waals surface area contributed by atoms with E-state index in [1.807, 2.05) is 6.26 Å². The quantitative estimate of drug-likeness (QED) is 0.610. The lowest BCUT2D eigenvalue weighted by molar-refractivity contribution is -0.145. The Labute approximate surface area is 170 Å². The molecule has 0 aliphatic carbocycles. The van der Waals surface area contributed by atoms with Crippen molar-refractivity contribution in [3.05, 3.63) is 29.8 Å². The molecule has 5 nitrogen and oxygen atoms in total. The van der Waals surface area contributed by atoms with E-state index < -0.39 is 6.04 Å². The Morgan fingerprint density at radius 1 is 1.30 bits per heavy atom. The third-order valence-electron chi connectivity index (χ3n) is 4.67. The Bertz CT molecular complexity index is 622.